The molecule has 0 unspecified atom stereocenters. The predicted molar refractivity (Wildman–Crippen MR) is 81.9 cm³/mol. The van der Waals surface area contributed by atoms with Crippen molar-refractivity contribution in [2.45, 2.75) is 57.4 Å². The first-order valence-corrected chi connectivity index (χ1v) is 8.45. The van der Waals surface area contributed by atoms with Crippen LogP contribution in [0.4, 0.5) is 0 Å². The molecule has 0 radical (unpaired) electrons. The van der Waals surface area contributed by atoms with Crippen LogP contribution in [0.25, 0.3) is 0 Å². The van der Waals surface area contributed by atoms with E-state index in [-0.39, 0.29) is 11.9 Å². The smallest absolute Gasteiger partial charge is 0.274 e. The molecule has 1 aliphatic heterocycles. The lowest BCUT2D eigenvalue weighted by Gasteiger charge is -2.20. The van der Waals surface area contributed by atoms with Crippen molar-refractivity contribution in [3.63, 3.8) is 0 Å². The van der Waals surface area contributed by atoms with E-state index in [1.165, 1.54) is 0 Å². The summed E-state index contributed by atoms with van der Waals surface area (Å²) in [6.45, 7) is 2.82. The number of hydrogen-bond acceptors (Lipinski definition) is 5. The Labute approximate surface area is 134 Å². The summed E-state index contributed by atoms with van der Waals surface area (Å²) in [5, 5.41) is 11.2. The zero-order chi connectivity index (χ0) is 15.8. The lowest BCUT2D eigenvalue weighted by molar-refractivity contribution is 0.0722. The lowest BCUT2D eigenvalue weighted by atomic mass is 10.2. The number of carbonyl (C=O) groups excluding carboxylic acids is 1. The molecule has 2 aliphatic rings. The number of aromatic amines is 1. The zero-order valence-corrected chi connectivity index (χ0v) is 13.3. The second-order valence-corrected chi connectivity index (χ2v) is 6.45. The number of carbonyl (C=O) groups is 1. The topological polar surface area (TPSA) is 87.9 Å². The number of likely N-dealkylation sites (tertiary alicyclic amines) is 1. The molecule has 0 aromatic carbocycles. The fourth-order valence-corrected chi connectivity index (χ4v) is 3.17. The number of aromatic nitrogens is 4. The molecule has 4 rings (SSSR count). The summed E-state index contributed by atoms with van der Waals surface area (Å²) in [7, 11) is 0. The van der Waals surface area contributed by atoms with Gasteiger partial charge < -0.3 is 9.42 Å². The second-order valence-electron chi connectivity index (χ2n) is 6.45. The summed E-state index contributed by atoms with van der Waals surface area (Å²) >= 11 is 0. The van der Waals surface area contributed by atoms with Crippen LogP contribution in [0.1, 0.15) is 78.9 Å². The van der Waals surface area contributed by atoms with Crippen LogP contribution in [-0.4, -0.2) is 37.7 Å². The van der Waals surface area contributed by atoms with Crippen LogP contribution in [0.3, 0.4) is 0 Å². The van der Waals surface area contributed by atoms with Crippen LogP contribution in [0, 0.1) is 0 Å². The van der Waals surface area contributed by atoms with E-state index in [2.05, 4.69) is 27.3 Å². The molecule has 1 amide bonds. The van der Waals surface area contributed by atoms with Gasteiger partial charge >= 0.3 is 0 Å². The number of amides is 1. The number of nitrogens with one attached hydrogen (secondary N) is 1. The van der Waals surface area contributed by atoms with Crippen molar-refractivity contribution in [1.29, 1.82) is 0 Å². The van der Waals surface area contributed by atoms with E-state index in [4.69, 9.17) is 4.52 Å². The molecule has 2 aromatic heterocycles. The number of rotatable bonds is 5. The largest absolute Gasteiger partial charge is 0.339 e. The number of aryl methyl sites for hydroxylation is 1. The van der Waals surface area contributed by atoms with Crippen molar-refractivity contribution in [3.8, 4) is 0 Å². The monoisotopic (exact) mass is 315 g/mol. The summed E-state index contributed by atoms with van der Waals surface area (Å²) in [6.07, 6.45) is 6.01. The first kappa shape index (κ1) is 14.4. The summed E-state index contributed by atoms with van der Waals surface area (Å²) in [6, 6.07) is 1.76. The van der Waals surface area contributed by atoms with E-state index in [1.54, 1.807) is 0 Å². The molecule has 2 aromatic rings. The Balaban J connectivity index is 1.52. The molecule has 1 saturated carbocycles. The van der Waals surface area contributed by atoms with Crippen molar-refractivity contribution >= 4 is 5.91 Å². The molecular formula is C16H21N5O2. The van der Waals surface area contributed by atoms with Crippen molar-refractivity contribution in [2.24, 2.45) is 0 Å². The van der Waals surface area contributed by atoms with Crippen LogP contribution in [0.15, 0.2) is 10.6 Å². The molecule has 1 saturated heterocycles. The van der Waals surface area contributed by atoms with Gasteiger partial charge in [0.1, 0.15) is 5.69 Å². The molecule has 1 aliphatic carbocycles. The molecule has 2 fully saturated rings. The van der Waals surface area contributed by atoms with Gasteiger partial charge in [-0.25, -0.2) is 0 Å². The second kappa shape index (κ2) is 5.79. The van der Waals surface area contributed by atoms with E-state index in [1.807, 2.05) is 11.0 Å². The van der Waals surface area contributed by atoms with Crippen LogP contribution < -0.4 is 0 Å². The normalized spacial score (nSPS) is 21.1. The highest BCUT2D eigenvalue weighted by molar-refractivity contribution is 5.92. The van der Waals surface area contributed by atoms with E-state index in [0.29, 0.717) is 24.0 Å². The minimum absolute atomic E-state index is 0.0520. The Hall–Kier alpha value is -2.18. The molecule has 1 N–H and O–H groups in total. The quantitative estimate of drug-likeness (QED) is 0.916. The summed E-state index contributed by atoms with van der Waals surface area (Å²) in [4.78, 5) is 19.1. The third-order valence-electron chi connectivity index (χ3n) is 4.57. The van der Waals surface area contributed by atoms with Gasteiger partial charge in [-0.15, -0.1) is 0 Å². The molecule has 1 atom stereocenters. The minimum Gasteiger partial charge on any atom is -0.339 e. The SMILES string of the molecule is CCCc1cc(C(=O)N2CCC[C@H]2c2noc(C3CC3)n2)n[nH]1. The van der Waals surface area contributed by atoms with E-state index in [9.17, 15) is 4.79 Å². The molecule has 0 spiro atoms. The third kappa shape index (κ3) is 2.75. The summed E-state index contributed by atoms with van der Waals surface area (Å²) < 4.78 is 5.35. The lowest BCUT2D eigenvalue weighted by Crippen LogP contribution is -2.31. The molecule has 3 heterocycles. The average molecular weight is 315 g/mol. The highest BCUT2D eigenvalue weighted by Crippen LogP contribution is 2.40. The summed E-state index contributed by atoms with van der Waals surface area (Å²) in [5.41, 5.74) is 1.48. The van der Waals surface area contributed by atoms with Gasteiger partial charge in [-0.2, -0.15) is 10.1 Å². The van der Waals surface area contributed by atoms with Crippen molar-refractivity contribution < 1.29 is 9.32 Å². The average Bonchev–Trinajstić information content (AvgIpc) is 2.99. The third-order valence-corrected chi connectivity index (χ3v) is 4.57. The number of nitrogens with zero attached hydrogens (tertiary/aromatic N) is 4. The maximum absolute atomic E-state index is 12.8. The van der Waals surface area contributed by atoms with Gasteiger partial charge in [0.15, 0.2) is 5.82 Å². The van der Waals surface area contributed by atoms with Crippen molar-refractivity contribution in [1.82, 2.24) is 25.2 Å². The Morgan fingerprint density at radius 1 is 1.43 bits per heavy atom. The van der Waals surface area contributed by atoms with Crippen LogP contribution >= 0.6 is 0 Å². The molecule has 122 valence electrons. The van der Waals surface area contributed by atoms with Gasteiger partial charge in [-0.1, -0.05) is 18.5 Å². The minimum atomic E-state index is -0.0925. The highest BCUT2D eigenvalue weighted by atomic mass is 16.5. The molecule has 7 heteroatoms. The van der Waals surface area contributed by atoms with Gasteiger partial charge in [-0.05, 0) is 38.2 Å². The zero-order valence-electron chi connectivity index (χ0n) is 13.3. The maximum Gasteiger partial charge on any atom is 0.274 e. The fourth-order valence-electron chi connectivity index (χ4n) is 3.17. The molecular weight excluding hydrogens is 294 g/mol. The standard InChI is InChI=1S/C16H21N5O2/c1-2-4-11-9-12(19-18-11)16(22)21-8-3-5-13(21)14-17-15(23-20-14)10-6-7-10/h9-10,13H,2-8H2,1H3,(H,18,19)/t13-/m0/s1. The van der Waals surface area contributed by atoms with Gasteiger partial charge in [0.05, 0.1) is 6.04 Å². The van der Waals surface area contributed by atoms with Gasteiger partial charge in [-0.3, -0.25) is 9.89 Å². The predicted octanol–water partition coefficient (Wildman–Crippen LogP) is 2.60. The molecule has 23 heavy (non-hydrogen) atoms. The number of hydrogen-bond donors (Lipinski definition) is 1. The Morgan fingerprint density at radius 2 is 2.30 bits per heavy atom. The van der Waals surface area contributed by atoms with E-state index in [0.717, 1.165) is 50.1 Å². The highest BCUT2D eigenvalue weighted by Gasteiger charge is 2.36. The Bertz CT molecular complexity index is 703. The van der Waals surface area contributed by atoms with Crippen molar-refractivity contribution in [2.75, 3.05) is 6.54 Å². The van der Waals surface area contributed by atoms with Crippen molar-refractivity contribution in [3.05, 3.63) is 29.2 Å². The van der Waals surface area contributed by atoms with E-state index < -0.39 is 0 Å². The van der Waals surface area contributed by atoms with Gasteiger partial charge in [0.2, 0.25) is 5.89 Å². The first-order valence-electron chi connectivity index (χ1n) is 8.45. The van der Waals surface area contributed by atoms with Crippen LogP contribution in [0.5, 0.6) is 0 Å². The summed E-state index contributed by atoms with van der Waals surface area (Å²) in [5.74, 6) is 1.75. The fraction of sp³-hybridized carbons (Fsp3) is 0.625. The van der Waals surface area contributed by atoms with E-state index >= 15 is 0 Å². The van der Waals surface area contributed by atoms with Crippen LogP contribution in [0.2, 0.25) is 0 Å². The van der Waals surface area contributed by atoms with Gasteiger partial charge in [0, 0.05) is 18.2 Å². The van der Waals surface area contributed by atoms with Crippen LogP contribution in [-0.2, 0) is 6.42 Å². The van der Waals surface area contributed by atoms with Gasteiger partial charge in [0.25, 0.3) is 5.91 Å². The first-order chi connectivity index (χ1) is 11.3. The Kier molecular flexibility index (Phi) is 3.63. The number of H-pyrrole nitrogens is 1. The Morgan fingerprint density at radius 3 is 3.09 bits per heavy atom. The molecule has 7 nitrogen and oxygen atoms in total. The maximum atomic E-state index is 12.8. The molecule has 0 bridgehead atoms.